The van der Waals surface area contributed by atoms with E-state index in [9.17, 15) is 0 Å². The molecule has 0 saturated heterocycles. The average molecular weight is 349 g/mol. The maximum atomic E-state index is 5.84. The molecule has 21 heavy (non-hydrogen) atoms. The molecule has 0 aliphatic rings. The molecule has 1 unspecified atom stereocenters. The predicted octanol–water partition coefficient (Wildman–Crippen LogP) is 4.92. The van der Waals surface area contributed by atoms with Crippen molar-refractivity contribution in [3.05, 3.63) is 51.6 Å². The van der Waals surface area contributed by atoms with Crippen LogP contribution in [0.15, 0.2) is 34.9 Å². The summed E-state index contributed by atoms with van der Waals surface area (Å²) in [5, 5.41) is 3.37. The first-order chi connectivity index (χ1) is 10.0. The number of hydrogen-bond donors (Lipinski definition) is 1. The number of nitrogens with zero attached hydrogens (tertiary/aromatic N) is 1. The van der Waals surface area contributed by atoms with E-state index in [0.717, 1.165) is 33.5 Å². The maximum Gasteiger partial charge on any atom is 0.219 e. The molecule has 0 aliphatic carbocycles. The summed E-state index contributed by atoms with van der Waals surface area (Å²) in [6, 6.07) is 8.28. The Morgan fingerprint density at radius 2 is 1.90 bits per heavy atom. The van der Waals surface area contributed by atoms with Crippen molar-refractivity contribution < 1.29 is 4.74 Å². The Balaban J connectivity index is 2.13. The van der Waals surface area contributed by atoms with Crippen LogP contribution in [0.3, 0.4) is 0 Å². The third-order valence-electron chi connectivity index (χ3n) is 3.40. The second kappa shape index (κ2) is 7.05. The van der Waals surface area contributed by atoms with E-state index in [1.165, 1.54) is 0 Å². The SMILES string of the molecule is CCNC(C)c1ccc(Oc2cc(C)c(Br)c(C)c2)nc1. The summed E-state index contributed by atoms with van der Waals surface area (Å²) in [6.45, 7) is 9.27. The molecule has 0 fully saturated rings. The molecule has 0 spiro atoms. The molecule has 0 radical (unpaired) electrons. The molecular formula is C17H21BrN2O. The van der Waals surface area contributed by atoms with E-state index in [1.54, 1.807) is 0 Å². The van der Waals surface area contributed by atoms with Gasteiger partial charge in [0, 0.05) is 22.8 Å². The van der Waals surface area contributed by atoms with E-state index in [4.69, 9.17) is 4.74 Å². The molecule has 0 amide bonds. The highest BCUT2D eigenvalue weighted by molar-refractivity contribution is 9.10. The van der Waals surface area contributed by atoms with E-state index in [1.807, 2.05) is 30.5 Å². The Bertz CT molecular complexity index is 588. The van der Waals surface area contributed by atoms with Crippen LogP contribution in [0.2, 0.25) is 0 Å². The van der Waals surface area contributed by atoms with E-state index < -0.39 is 0 Å². The fourth-order valence-electron chi connectivity index (χ4n) is 2.22. The van der Waals surface area contributed by atoms with Gasteiger partial charge in [-0.3, -0.25) is 0 Å². The lowest BCUT2D eigenvalue weighted by Crippen LogP contribution is -2.17. The Morgan fingerprint density at radius 1 is 1.24 bits per heavy atom. The number of aromatic nitrogens is 1. The van der Waals surface area contributed by atoms with Crippen molar-refractivity contribution in [2.45, 2.75) is 33.7 Å². The van der Waals surface area contributed by atoms with Crippen molar-refractivity contribution in [3.63, 3.8) is 0 Å². The molecular weight excluding hydrogens is 328 g/mol. The summed E-state index contributed by atoms with van der Waals surface area (Å²) in [6.07, 6.45) is 1.86. The summed E-state index contributed by atoms with van der Waals surface area (Å²) < 4.78 is 6.96. The number of pyridine rings is 1. The first-order valence-electron chi connectivity index (χ1n) is 7.15. The Hall–Kier alpha value is -1.39. The molecule has 1 aromatic heterocycles. The monoisotopic (exact) mass is 348 g/mol. The summed E-state index contributed by atoms with van der Waals surface area (Å²) in [4.78, 5) is 4.39. The van der Waals surface area contributed by atoms with Gasteiger partial charge in [-0.1, -0.05) is 28.9 Å². The summed E-state index contributed by atoms with van der Waals surface area (Å²) >= 11 is 3.56. The zero-order valence-corrected chi connectivity index (χ0v) is 14.5. The third kappa shape index (κ3) is 4.05. The van der Waals surface area contributed by atoms with Crippen LogP contribution in [0.4, 0.5) is 0 Å². The summed E-state index contributed by atoms with van der Waals surface area (Å²) in [7, 11) is 0. The predicted molar refractivity (Wildman–Crippen MR) is 90.0 cm³/mol. The van der Waals surface area contributed by atoms with Gasteiger partial charge in [0.15, 0.2) is 0 Å². The van der Waals surface area contributed by atoms with Crippen molar-refractivity contribution in [2.24, 2.45) is 0 Å². The van der Waals surface area contributed by atoms with Gasteiger partial charge in [-0.2, -0.15) is 0 Å². The molecule has 0 saturated carbocycles. The molecule has 1 aromatic carbocycles. The summed E-state index contributed by atoms with van der Waals surface area (Å²) in [5.74, 6) is 1.43. The molecule has 3 nitrogen and oxygen atoms in total. The molecule has 1 N–H and O–H groups in total. The zero-order chi connectivity index (χ0) is 15.4. The van der Waals surface area contributed by atoms with Crippen LogP contribution in [0.5, 0.6) is 11.6 Å². The van der Waals surface area contributed by atoms with Gasteiger partial charge in [0.1, 0.15) is 5.75 Å². The number of halogens is 1. The molecule has 0 aliphatic heterocycles. The van der Waals surface area contributed by atoms with Crippen LogP contribution in [-0.4, -0.2) is 11.5 Å². The standard InChI is InChI=1S/C17H21BrN2O/c1-5-19-13(4)14-6-7-16(20-10-14)21-15-8-11(2)17(18)12(3)9-15/h6-10,13,19H,5H2,1-4H3. The molecule has 112 valence electrons. The van der Waals surface area contributed by atoms with Crippen molar-refractivity contribution in [1.82, 2.24) is 10.3 Å². The van der Waals surface area contributed by atoms with Crippen LogP contribution in [0, 0.1) is 13.8 Å². The molecule has 2 rings (SSSR count). The number of nitrogens with one attached hydrogen (secondary N) is 1. The van der Waals surface area contributed by atoms with Gasteiger partial charge in [0.05, 0.1) is 0 Å². The third-order valence-corrected chi connectivity index (χ3v) is 4.65. The van der Waals surface area contributed by atoms with Gasteiger partial charge in [-0.05, 0) is 56.1 Å². The Labute approximate surface area is 134 Å². The minimum atomic E-state index is 0.300. The first-order valence-corrected chi connectivity index (χ1v) is 7.94. The van der Waals surface area contributed by atoms with Gasteiger partial charge in [-0.25, -0.2) is 4.98 Å². The van der Waals surface area contributed by atoms with Crippen molar-refractivity contribution in [1.29, 1.82) is 0 Å². The Morgan fingerprint density at radius 3 is 2.43 bits per heavy atom. The van der Waals surface area contributed by atoms with Gasteiger partial charge in [0.2, 0.25) is 5.88 Å². The highest BCUT2D eigenvalue weighted by Crippen LogP contribution is 2.29. The van der Waals surface area contributed by atoms with E-state index in [2.05, 4.69) is 53.9 Å². The smallest absolute Gasteiger partial charge is 0.219 e. The quantitative estimate of drug-likeness (QED) is 0.832. The fraction of sp³-hybridized carbons (Fsp3) is 0.353. The second-order valence-electron chi connectivity index (χ2n) is 5.18. The highest BCUT2D eigenvalue weighted by atomic mass is 79.9. The summed E-state index contributed by atoms with van der Waals surface area (Å²) in [5.41, 5.74) is 3.47. The number of hydrogen-bond acceptors (Lipinski definition) is 3. The van der Waals surface area contributed by atoms with Crippen LogP contribution in [0.25, 0.3) is 0 Å². The highest BCUT2D eigenvalue weighted by Gasteiger charge is 2.07. The lowest BCUT2D eigenvalue weighted by Gasteiger charge is -2.13. The lowest BCUT2D eigenvalue weighted by atomic mass is 10.1. The molecule has 2 aromatic rings. The van der Waals surface area contributed by atoms with E-state index in [0.29, 0.717) is 11.9 Å². The normalized spacial score (nSPS) is 12.2. The number of ether oxygens (including phenoxy) is 1. The van der Waals surface area contributed by atoms with Crippen LogP contribution < -0.4 is 10.1 Å². The van der Waals surface area contributed by atoms with Crippen LogP contribution in [-0.2, 0) is 0 Å². The van der Waals surface area contributed by atoms with Gasteiger partial charge >= 0.3 is 0 Å². The van der Waals surface area contributed by atoms with Gasteiger partial charge < -0.3 is 10.1 Å². The van der Waals surface area contributed by atoms with E-state index >= 15 is 0 Å². The molecule has 1 heterocycles. The topological polar surface area (TPSA) is 34.1 Å². The minimum Gasteiger partial charge on any atom is -0.439 e. The largest absolute Gasteiger partial charge is 0.439 e. The zero-order valence-electron chi connectivity index (χ0n) is 12.9. The van der Waals surface area contributed by atoms with Gasteiger partial charge in [-0.15, -0.1) is 0 Å². The van der Waals surface area contributed by atoms with Crippen molar-refractivity contribution in [3.8, 4) is 11.6 Å². The Kier molecular flexibility index (Phi) is 5.37. The fourth-order valence-corrected chi connectivity index (χ4v) is 2.45. The number of rotatable bonds is 5. The first kappa shape index (κ1) is 16.0. The van der Waals surface area contributed by atoms with E-state index in [-0.39, 0.29) is 0 Å². The molecule has 4 heteroatoms. The molecule has 1 atom stereocenters. The maximum absolute atomic E-state index is 5.84. The molecule has 0 bridgehead atoms. The van der Waals surface area contributed by atoms with Gasteiger partial charge in [0.25, 0.3) is 0 Å². The lowest BCUT2D eigenvalue weighted by molar-refractivity contribution is 0.460. The average Bonchev–Trinajstić information content (AvgIpc) is 2.45. The minimum absolute atomic E-state index is 0.300. The number of benzene rings is 1. The van der Waals surface area contributed by atoms with Crippen LogP contribution >= 0.6 is 15.9 Å². The number of aryl methyl sites for hydroxylation is 2. The van der Waals surface area contributed by atoms with Crippen molar-refractivity contribution >= 4 is 15.9 Å². The van der Waals surface area contributed by atoms with Crippen LogP contribution in [0.1, 0.15) is 36.6 Å². The van der Waals surface area contributed by atoms with Crippen molar-refractivity contribution in [2.75, 3.05) is 6.54 Å². The second-order valence-corrected chi connectivity index (χ2v) is 5.98.